The molecule has 0 spiro atoms. The second-order valence-corrected chi connectivity index (χ2v) is 5.29. The fourth-order valence-electron chi connectivity index (χ4n) is 1.66. The van der Waals surface area contributed by atoms with Gasteiger partial charge in [-0.1, -0.05) is 13.3 Å². The predicted molar refractivity (Wildman–Crippen MR) is 76.1 cm³/mol. The molecule has 0 bridgehead atoms. The summed E-state index contributed by atoms with van der Waals surface area (Å²) in [5, 5.41) is 5.32. The molecule has 2 rings (SSSR count). The second kappa shape index (κ2) is 7.09. The van der Waals surface area contributed by atoms with Gasteiger partial charge in [-0.3, -0.25) is 9.78 Å². The topological polar surface area (TPSA) is 54.9 Å². The first-order valence-corrected chi connectivity index (χ1v) is 7.40. The first kappa shape index (κ1) is 14.6. The van der Waals surface area contributed by atoms with Crippen molar-refractivity contribution in [2.24, 2.45) is 0 Å². The summed E-state index contributed by atoms with van der Waals surface area (Å²) in [5.74, 6) is -0.719. The summed E-state index contributed by atoms with van der Waals surface area (Å²) in [6.07, 6.45) is 4.55. The lowest BCUT2D eigenvalue weighted by Crippen LogP contribution is -2.24. The smallest absolute Gasteiger partial charge is 0.271 e. The van der Waals surface area contributed by atoms with Gasteiger partial charge in [-0.05, 0) is 25.0 Å². The van der Waals surface area contributed by atoms with Crippen LogP contribution in [0.4, 0.5) is 4.39 Å². The summed E-state index contributed by atoms with van der Waals surface area (Å²) in [6.45, 7) is 2.18. The van der Waals surface area contributed by atoms with Crippen LogP contribution in [0.2, 0.25) is 0 Å². The quantitative estimate of drug-likeness (QED) is 0.891. The van der Waals surface area contributed by atoms with Gasteiger partial charge in [0.05, 0.1) is 17.2 Å². The van der Waals surface area contributed by atoms with E-state index < -0.39 is 5.82 Å². The molecule has 0 aliphatic rings. The summed E-state index contributed by atoms with van der Waals surface area (Å²) in [4.78, 5) is 20.1. The van der Waals surface area contributed by atoms with E-state index in [-0.39, 0.29) is 18.1 Å². The zero-order valence-corrected chi connectivity index (χ0v) is 12.0. The molecule has 0 unspecified atom stereocenters. The van der Waals surface area contributed by atoms with Gasteiger partial charge in [0, 0.05) is 11.6 Å². The molecular formula is C14H16FN3OS. The molecule has 0 saturated carbocycles. The first-order valence-electron chi connectivity index (χ1n) is 6.52. The van der Waals surface area contributed by atoms with Crippen LogP contribution in [-0.2, 0) is 13.0 Å². The highest BCUT2D eigenvalue weighted by molar-refractivity contribution is 7.09. The number of rotatable bonds is 6. The van der Waals surface area contributed by atoms with Crippen LogP contribution in [-0.4, -0.2) is 15.9 Å². The molecule has 0 aliphatic heterocycles. The third kappa shape index (κ3) is 3.84. The minimum atomic E-state index is -0.422. The molecule has 0 atom stereocenters. The molecule has 0 saturated heterocycles. The molecule has 0 aliphatic carbocycles. The van der Waals surface area contributed by atoms with Gasteiger partial charge in [0.1, 0.15) is 11.5 Å². The molecule has 0 fully saturated rings. The number of unbranched alkanes of at least 4 members (excludes halogenated alkanes) is 1. The van der Waals surface area contributed by atoms with E-state index in [1.165, 1.54) is 29.7 Å². The summed E-state index contributed by atoms with van der Waals surface area (Å²) in [7, 11) is 0. The Hall–Kier alpha value is -1.82. The van der Waals surface area contributed by atoms with Gasteiger partial charge in [-0.15, -0.1) is 11.3 Å². The number of hydrogen-bond acceptors (Lipinski definition) is 4. The minimum Gasteiger partial charge on any atom is -0.345 e. The number of amides is 1. The van der Waals surface area contributed by atoms with Crippen molar-refractivity contribution >= 4 is 17.2 Å². The van der Waals surface area contributed by atoms with E-state index >= 15 is 0 Å². The summed E-state index contributed by atoms with van der Waals surface area (Å²) in [6, 6.07) is 2.83. The number of halogens is 1. The van der Waals surface area contributed by atoms with Crippen LogP contribution < -0.4 is 5.32 Å². The number of thiazole rings is 1. The van der Waals surface area contributed by atoms with Crippen molar-refractivity contribution < 1.29 is 9.18 Å². The number of nitrogens with one attached hydrogen (secondary N) is 1. The molecule has 2 aromatic heterocycles. The van der Waals surface area contributed by atoms with Gasteiger partial charge in [-0.2, -0.15) is 0 Å². The van der Waals surface area contributed by atoms with E-state index in [1.807, 2.05) is 0 Å². The fraction of sp³-hybridized carbons (Fsp3) is 0.357. The van der Waals surface area contributed by atoms with Crippen molar-refractivity contribution in [2.45, 2.75) is 32.7 Å². The average molecular weight is 293 g/mol. The maximum Gasteiger partial charge on any atom is 0.271 e. The van der Waals surface area contributed by atoms with Crippen molar-refractivity contribution in [1.82, 2.24) is 15.3 Å². The fourth-order valence-corrected chi connectivity index (χ4v) is 2.48. The van der Waals surface area contributed by atoms with Crippen LogP contribution in [0, 0.1) is 5.82 Å². The Bertz CT molecular complexity index is 585. The molecule has 0 radical (unpaired) electrons. The van der Waals surface area contributed by atoms with Crippen molar-refractivity contribution in [3.8, 4) is 0 Å². The van der Waals surface area contributed by atoms with Crippen LogP contribution in [0.3, 0.4) is 0 Å². The van der Waals surface area contributed by atoms with Crippen LogP contribution in [0.5, 0.6) is 0 Å². The van der Waals surface area contributed by atoms with E-state index in [1.54, 1.807) is 5.38 Å². The Morgan fingerprint density at radius 3 is 3.10 bits per heavy atom. The van der Waals surface area contributed by atoms with Gasteiger partial charge in [0.15, 0.2) is 0 Å². The lowest BCUT2D eigenvalue weighted by Gasteiger charge is -2.03. The van der Waals surface area contributed by atoms with E-state index in [9.17, 15) is 9.18 Å². The van der Waals surface area contributed by atoms with Crippen LogP contribution in [0.1, 0.15) is 41.0 Å². The van der Waals surface area contributed by atoms with Gasteiger partial charge in [-0.25, -0.2) is 9.37 Å². The SMILES string of the molecule is CCCCc1nc(C(=O)NCc2ncccc2F)cs1. The van der Waals surface area contributed by atoms with E-state index in [0.29, 0.717) is 5.69 Å². The third-order valence-corrected chi connectivity index (χ3v) is 3.69. The first-order chi connectivity index (χ1) is 9.70. The molecule has 1 N–H and O–H groups in total. The molecule has 2 aromatic rings. The van der Waals surface area contributed by atoms with Crippen LogP contribution in [0.25, 0.3) is 0 Å². The largest absolute Gasteiger partial charge is 0.345 e. The molecule has 106 valence electrons. The standard InChI is InChI=1S/C14H16FN3OS/c1-2-3-6-13-18-12(9-20-13)14(19)17-8-11-10(15)5-4-7-16-11/h4-5,7,9H,2-3,6,8H2,1H3,(H,17,19). The van der Waals surface area contributed by atoms with Crippen LogP contribution >= 0.6 is 11.3 Å². The number of nitrogens with zero attached hydrogens (tertiary/aromatic N) is 2. The number of pyridine rings is 1. The zero-order valence-electron chi connectivity index (χ0n) is 11.2. The number of carbonyl (C=O) groups excluding carboxylic acids is 1. The molecular weight excluding hydrogens is 277 g/mol. The summed E-state index contributed by atoms with van der Waals surface area (Å²) in [5.41, 5.74) is 0.611. The molecule has 4 nitrogen and oxygen atoms in total. The Morgan fingerprint density at radius 1 is 1.50 bits per heavy atom. The maximum absolute atomic E-state index is 13.4. The lowest BCUT2D eigenvalue weighted by atomic mass is 10.3. The van der Waals surface area contributed by atoms with Gasteiger partial charge < -0.3 is 5.32 Å². The van der Waals surface area contributed by atoms with Crippen molar-refractivity contribution in [2.75, 3.05) is 0 Å². The van der Waals surface area contributed by atoms with Crippen LogP contribution in [0.15, 0.2) is 23.7 Å². The third-order valence-electron chi connectivity index (χ3n) is 2.78. The van der Waals surface area contributed by atoms with E-state index in [2.05, 4.69) is 22.2 Å². The van der Waals surface area contributed by atoms with Crippen molar-refractivity contribution in [3.63, 3.8) is 0 Å². The highest BCUT2D eigenvalue weighted by Crippen LogP contribution is 2.13. The minimum absolute atomic E-state index is 0.0628. The summed E-state index contributed by atoms with van der Waals surface area (Å²) >= 11 is 1.48. The van der Waals surface area contributed by atoms with Gasteiger partial charge in [0.25, 0.3) is 5.91 Å². The maximum atomic E-state index is 13.4. The lowest BCUT2D eigenvalue weighted by molar-refractivity contribution is 0.0945. The average Bonchev–Trinajstić information content (AvgIpc) is 2.93. The molecule has 2 heterocycles. The van der Waals surface area contributed by atoms with Crippen molar-refractivity contribution in [1.29, 1.82) is 0 Å². The number of aryl methyl sites for hydroxylation is 1. The second-order valence-electron chi connectivity index (χ2n) is 4.34. The predicted octanol–water partition coefficient (Wildman–Crippen LogP) is 2.95. The number of aromatic nitrogens is 2. The normalized spacial score (nSPS) is 10.5. The van der Waals surface area contributed by atoms with E-state index in [4.69, 9.17) is 0 Å². The monoisotopic (exact) mass is 293 g/mol. The summed E-state index contributed by atoms with van der Waals surface area (Å²) < 4.78 is 13.4. The molecule has 6 heteroatoms. The Balaban J connectivity index is 1.92. The Labute approximate surface area is 121 Å². The van der Waals surface area contributed by atoms with Gasteiger partial charge in [0.2, 0.25) is 0 Å². The zero-order chi connectivity index (χ0) is 14.4. The molecule has 1 amide bonds. The molecule has 0 aromatic carbocycles. The Kier molecular flexibility index (Phi) is 5.17. The Morgan fingerprint density at radius 2 is 2.35 bits per heavy atom. The molecule has 20 heavy (non-hydrogen) atoms. The number of hydrogen-bond donors (Lipinski definition) is 1. The highest BCUT2D eigenvalue weighted by atomic mass is 32.1. The number of carbonyl (C=O) groups is 1. The van der Waals surface area contributed by atoms with Crippen molar-refractivity contribution in [3.05, 3.63) is 45.9 Å². The van der Waals surface area contributed by atoms with Gasteiger partial charge >= 0.3 is 0 Å². The highest BCUT2D eigenvalue weighted by Gasteiger charge is 2.11. The van der Waals surface area contributed by atoms with E-state index in [0.717, 1.165) is 24.3 Å².